The average Bonchev–Trinajstić information content (AvgIpc) is 3.59. The summed E-state index contributed by atoms with van der Waals surface area (Å²) >= 11 is 5.97. The summed E-state index contributed by atoms with van der Waals surface area (Å²) < 4.78 is 27.2. The summed E-state index contributed by atoms with van der Waals surface area (Å²) in [6.07, 6.45) is 2.37. The van der Waals surface area contributed by atoms with Gasteiger partial charge < -0.3 is 15.1 Å². The van der Waals surface area contributed by atoms with Crippen LogP contribution in [0, 0.1) is 0 Å². The largest absolute Gasteiger partial charge is 0.337 e. The molecule has 10 heteroatoms. The first-order valence-electron chi connectivity index (χ1n) is 10.5. The topological polar surface area (TPSA) is 98.8 Å². The molecule has 0 radical (unpaired) electrons. The fourth-order valence-corrected chi connectivity index (χ4v) is 5.04. The molecule has 0 spiro atoms. The normalized spacial score (nSPS) is 17.0. The van der Waals surface area contributed by atoms with E-state index in [-0.39, 0.29) is 22.9 Å². The van der Waals surface area contributed by atoms with Gasteiger partial charge >= 0.3 is 6.03 Å². The lowest BCUT2D eigenvalue weighted by atomic mass is 10.2. The molecule has 8 nitrogen and oxygen atoms in total. The third kappa shape index (κ3) is 5.59. The van der Waals surface area contributed by atoms with Gasteiger partial charge in [0.05, 0.1) is 4.90 Å². The lowest BCUT2D eigenvalue weighted by molar-refractivity contribution is 0.0762. The fraction of sp³-hybridized carbons (Fsp3) is 0.364. The number of sulfonamides is 1. The first-order valence-corrected chi connectivity index (χ1v) is 12.4. The molecule has 1 aliphatic heterocycles. The van der Waals surface area contributed by atoms with Crippen LogP contribution in [0.3, 0.4) is 0 Å². The Labute approximate surface area is 192 Å². The number of halogens is 1. The molecule has 2 aliphatic rings. The number of hydrogen-bond acceptors (Lipinski definition) is 4. The van der Waals surface area contributed by atoms with Gasteiger partial charge in [0, 0.05) is 48.5 Å². The van der Waals surface area contributed by atoms with Crippen LogP contribution in [-0.4, -0.2) is 62.4 Å². The first kappa shape index (κ1) is 22.6. The van der Waals surface area contributed by atoms with Gasteiger partial charge in [0.1, 0.15) is 0 Å². The van der Waals surface area contributed by atoms with Crippen molar-refractivity contribution in [2.75, 3.05) is 31.5 Å². The van der Waals surface area contributed by atoms with Gasteiger partial charge in [-0.1, -0.05) is 17.7 Å². The Morgan fingerprint density at radius 1 is 0.938 bits per heavy atom. The molecule has 1 aliphatic carbocycles. The van der Waals surface area contributed by atoms with E-state index in [1.165, 1.54) is 24.3 Å². The molecule has 0 unspecified atom stereocenters. The number of carbonyl (C=O) groups is 2. The maximum absolute atomic E-state index is 12.9. The first-order chi connectivity index (χ1) is 15.3. The van der Waals surface area contributed by atoms with Crippen LogP contribution in [-0.2, 0) is 10.0 Å². The summed E-state index contributed by atoms with van der Waals surface area (Å²) in [4.78, 5) is 29.0. The number of carbonyl (C=O) groups excluding carboxylic acids is 2. The molecule has 2 aromatic carbocycles. The number of nitrogens with one attached hydrogen (secondary N) is 2. The maximum Gasteiger partial charge on any atom is 0.321 e. The molecular weight excluding hydrogens is 452 g/mol. The van der Waals surface area contributed by atoms with E-state index in [9.17, 15) is 18.0 Å². The Balaban J connectivity index is 1.35. The van der Waals surface area contributed by atoms with Crippen molar-refractivity contribution in [3.63, 3.8) is 0 Å². The summed E-state index contributed by atoms with van der Waals surface area (Å²) in [5.74, 6) is -0.179. The molecule has 3 amide bonds. The molecule has 2 aromatic rings. The van der Waals surface area contributed by atoms with Gasteiger partial charge in [-0.25, -0.2) is 17.9 Å². The highest BCUT2D eigenvalue weighted by atomic mass is 35.5. The van der Waals surface area contributed by atoms with E-state index in [1.807, 2.05) is 0 Å². The second-order valence-electron chi connectivity index (χ2n) is 7.99. The van der Waals surface area contributed by atoms with E-state index in [1.54, 1.807) is 34.1 Å². The van der Waals surface area contributed by atoms with Crippen LogP contribution >= 0.6 is 11.6 Å². The van der Waals surface area contributed by atoms with Crippen LogP contribution in [0.4, 0.5) is 10.5 Å². The highest BCUT2D eigenvalue weighted by Crippen LogP contribution is 2.22. The van der Waals surface area contributed by atoms with Crippen molar-refractivity contribution in [1.82, 2.24) is 14.5 Å². The minimum atomic E-state index is -3.55. The van der Waals surface area contributed by atoms with Crippen LogP contribution in [0.15, 0.2) is 53.4 Å². The van der Waals surface area contributed by atoms with E-state index in [0.29, 0.717) is 48.9 Å². The number of hydrogen-bond donors (Lipinski definition) is 2. The minimum Gasteiger partial charge on any atom is -0.337 e. The molecule has 0 atom stereocenters. The van der Waals surface area contributed by atoms with E-state index in [0.717, 1.165) is 12.8 Å². The Morgan fingerprint density at radius 2 is 1.62 bits per heavy atom. The number of benzene rings is 2. The average molecular weight is 477 g/mol. The second-order valence-corrected chi connectivity index (χ2v) is 10.1. The van der Waals surface area contributed by atoms with Crippen molar-refractivity contribution < 1.29 is 18.0 Å². The van der Waals surface area contributed by atoms with Gasteiger partial charge in [0.15, 0.2) is 0 Å². The highest BCUT2D eigenvalue weighted by molar-refractivity contribution is 7.89. The van der Waals surface area contributed by atoms with Crippen LogP contribution in [0.1, 0.15) is 29.6 Å². The molecule has 2 N–H and O–H groups in total. The Kier molecular flexibility index (Phi) is 6.68. The Bertz CT molecular complexity index is 1100. The zero-order chi connectivity index (χ0) is 22.7. The quantitative estimate of drug-likeness (QED) is 0.692. The molecule has 1 saturated carbocycles. The SMILES string of the molecule is O=C(Nc1cccc(Cl)c1)N1CCCN(C(=O)c2ccc(S(=O)(=O)NC3CC3)cc2)CC1. The van der Waals surface area contributed by atoms with Crippen molar-refractivity contribution in [3.8, 4) is 0 Å². The molecule has 170 valence electrons. The predicted molar refractivity (Wildman–Crippen MR) is 122 cm³/mol. The van der Waals surface area contributed by atoms with Crippen LogP contribution < -0.4 is 10.0 Å². The molecule has 1 saturated heterocycles. The lowest BCUT2D eigenvalue weighted by Gasteiger charge is -2.22. The number of amides is 3. The van der Waals surface area contributed by atoms with Gasteiger partial charge in [-0.15, -0.1) is 0 Å². The molecule has 0 bridgehead atoms. The summed E-state index contributed by atoms with van der Waals surface area (Å²) in [5, 5.41) is 3.37. The van der Waals surface area contributed by atoms with Crippen molar-refractivity contribution in [2.45, 2.75) is 30.2 Å². The van der Waals surface area contributed by atoms with Crippen LogP contribution in [0.5, 0.6) is 0 Å². The molecule has 1 heterocycles. The Morgan fingerprint density at radius 3 is 2.31 bits per heavy atom. The van der Waals surface area contributed by atoms with Gasteiger partial charge in [-0.3, -0.25) is 4.79 Å². The zero-order valence-corrected chi connectivity index (χ0v) is 19.0. The number of nitrogens with zero attached hydrogens (tertiary/aromatic N) is 2. The Hall–Kier alpha value is -2.62. The van der Waals surface area contributed by atoms with E-state index >= 15 is 0 Å². The van der Waals surface area contributed by atoms with Crippen LogP contribution in [0.2, 0.25) is 5.02 Å². The van der Waals surface area contributed by atoms with E-state index in [4.69, 9.17) is 11.6 Å². The summed E-state index contributed by atoms with van der Waals surface area (Å²) in [6.45, 7) is 1.84. The standard InChI is InChI=1S/C22H25ClN4O4S/c23-17-3-1-4-19(15-17)24-22(29)27-12-2-11-26(13-14-27)21(28)16-5-9-20(10-6-16)32(30,31)25-18-7-8-18/h1,3-6,9-10,15,18,25H,2,7-8,11-14H2,(H,24,29). The summed E-state index contributed by atoms with van der Waals surface area (Å²) in [6, 6.07) is 12.7. The second kappa shape index (κ2) is 9.48. The summed E-state index contributed by atoms with van der Waals surface area (Å²) in [7, 11) is -3.55. The van der Waals surface area contributed by atoms with Gasteiger partial charge in [0.2, 0.25) is 10.0 Å². The highest BCUT2D eigenvalue weighted by Gasteiger charge is 2.28. The molecule has 0 aromatic heterocycles. The van der Waals surface area contributed by atoms with Gasteiger partial charge in [0.25, 0.3) is 5.91 Å². The summed E-state index contributed by atoms with van der Waals surface area (Å²) in [5.41, 5.74) is 1.04. The minimum absolute atomic E-state index is 0.0254. The lowest BCUT2D eigenvalue weighted by Crippen LogP contribution is -2.39. The number of anilines is 1. The van der Waals surface area contributed by atoms with E-state index < -0.39 is 10.0 Å². The molecule has 2 fully saturated rings. The van der Waals surface area contributed by atoms with Gasteiger partial charge in [-0.05, 0) is 61.7 Å². The van der Waals surface area contributed by atoms with Crippen molar-refractivity contribution in [1.29, 1.82) is 0 Å². The number of rotatable bonds is 5. The van der Waals surface area contributed by atoms with Crippen LogP contribution in [0.25, 0.3) is 0 Å². The third-order valence-electron chi connectivity index (χ3n) is 5.46. The van der Waals surface area contributed by atoms with Crippen molar-refractivity contribution >= 4 is 39.2 Å². The predicted octanol–water partition coefficient (Wildman–Crippen LogP) is 3.16. The molecule has 4 rings (SSSR count). The smallest absolute Gasteiger partial charge is 0.321 e. The van der Waals surface area contributed by atoms with Gasteiger partial charge in [-0.2, -0.15) is 0 Å². The third-order valence-corrected chi connectivity index (χ3v) is 7.23. The van der Waals surface area contributed by atoms with E-state index in [2.05, 4.69) is 10.0 Å². The maximum atomic E-state index is 12.9. The van der Waals surface area contributed by atoms with Crippen molar-refractivity contribution in [3.05, 3.63) is 59.1 Å². The fourth-order valence-electron chi connectivity index (χ4n) is 3.54. The molecular formula is C22H25ClN4O4S. The zero-order valence-electron chi connectivity index (χ0n) is 17.5. The molecule has 32 heavy (non-hydrogen) atoms. The number of urea groups is 1. The monoisotopic (exact) mass is 476 g/mol. The van der Waals surface area contributed by atoms with Crippen molar-refractivity contribution in [2.24, 2.45) is 0 Å².